The van der Waals surface area contributed by atoms with Crippen LogP contribution in [0.2, 0.25) is 0 Å². The number of ether oxygens (including phenoxy) is 2. The van der Waals surface area contributed by atoms with Crippen molar-refractivity contribution in [3.05, 3.63) is 54.1 Å². The minimum Gasteiger partial charge on any atom is -0.508 e. The predicted octanol–water partition coefficient (Wildman–Crippen LogP) is 3.93. The first kappa shape index (κ1) is 13.3. The number of para-hydroxylation sites is 3. The summed E-state index contributed by atoms with van der Waals surface area (Å²) in [6.07, 6.45) is -0.247. The van der Waals surface area contributed by atoms with Gasteiger partial charge in [0.05, 0.1) is 6.61 Å². The summed E-state index contributed by atoms with van der Waals surface area (Å²) in [6.45, 7) is 4.42. The zero-order valence-corrected chi connectivity index (χ0v) is 11.2. The van der Waals surface area contributed by atoms with Gasteiger partial charge in [-0.25, -0.2) is 0 Å². The first-order valence-corrected chi connectivity index (χ1v) is 6.38. The third-order valence-corrected chi connectivity index (χ3v) is 2.83. The Morgan fingerprint density at radius 3 is 2.32 bits per heavy atom. The van der Waals surface area contributed by atoms with Crippen molar-refractivity contribution in [3.63, 3.8) is 0 Å². The molecule has 0 heterocycles. The smallest absolute Gasteiger partial charge is 0.162 e. The Bertz CT molecular complexity index is 537. The molecule has 0 spiro atoms. The molecule has 3 heteroatoms. The summed E-state index contributed by atoms with van der Waals surface area (Å²) in [6, 6.07) is 14.7. The summed E-state index contributed by atoms with van der Waals surface area (Å²) in [5.41, 5.74) is 0.758. The number of benzene rings is 2. The van der Waals surface area contributed by atoms with Crippen LogP contribution < -0.4 is 9.47 Å². The molecule has 0 bridgehead atoms. The van der Waals surface area contributed by atoms with Crippen molar-refractivity contribution in [2.24, 2.45) is 0 Å². The van der Waals surface area contributed by atoms with E-state index in [2.05, 4.69) is 0 Å². The lowest BCUT2D eigenvalue weighted by Gasteiger charge is -2.18. The van der Waals surface area contributed by atoms with Crippen molar-refractivity contribution >= 4 is 0 Å². The van der Waals surface area contributed by atoms with Crippen LogP contribution in [0.4, 0.5) is 0 Å². The maximum atomic E-state index is 9.82. The van der Waals surface area contributed by atoms with Crippen LogP contribution in [0, 0.1) is 0 Å². The average Bonchev–Trinajstić information content (AvgIpc) is 2.41. The summed E-state index contributed by atoms with van der Waals surface area (Å²) in [5.74, 6) is 1.64. The maximum Gasteiger partial charge on any atom is 0.162 e. The molecule has 2 aromatic carbocycles. The molecule has 1 N–H and O–H groups in total. The second-order valence-corrected chi connectivity index (χ2v) is 4.20. The Morgan fingerprint density at radius 1 is 1.00 bits per heavy atom. The van der Waals surface area contributed by atoms with Crippen LogP contribution in [0.3, 0.4) is 0 Å². The molecule has 0 saturated carbocycles. The summed E-state index contributed by atoms with van der Waals surface area (Å²) >= 11 is 0. The van der Waals surface area contributed by atoms with Crippen molar-refractivity contribution in [2.75, 3.05) is 6.61 Å². The summed E-state index contributed by atoms with van der Waals surface area (Å²) in [4.78, 5) is 0. The third kappa shape index (κ3) is 3.19. The van der Waals surface area contributed by atoms with E-state index in [-0.39, 0.29) is 11.9 Å². The van der Waals surface area contributed by atoms with Gasteiger partial charge in [-0.05, 0) is 32.0 Å². The molecule has 0 radical (unpaired) electrons. The molecule has 0 aliphatic carbocycles. The second-order valence-electron chi connectivity index (χ2n) is 4.20. The summed E-state index contributed by atoms with van der Waals surface area (Å²) < 4.78 is 11.4. The minimum atomic E-state index is -0.247. The highest BCUT2D eigenvalue weighted by Gasteiger charge is 2.13. The quantitative estimate of drug-likeness (QED) is 0.883. The van der Waals surface area contributed by atoms with E-state index >= 15 is 0 Å². The van der Waals surface area contributed by atoms with Gasteiger partial charge in [-0.3, -0.25) is 0 Å². The average molecular weight is 258 g/mol. The second kappa shape index (κ2) is 6.14. The first-order chi connectivity index (χ1) is 9.22. The van der Waals surface area contributed by atoms with Crippen LogP contribution in [-0.2, 0) is 0 Å². The number of rotatable bonds is 5. The fraction of sp³-hybridized carbons (Fsp3) is 0.250. The first-order valence-electron chi connectivity index (χ1n) is 6.38. The van der Waals surface area contributed by atoms with Crippen molar-refractivity contribution in [3.8, 4) is 17.2 Å². The molecule has 100 valence electrons. The standard InChI is InChI=1S/C16H18O3/c1-3-18-15-10-6-7-11-16(15)19-12(2)13-8-4-5-9-14(13)17/h4-12,17H,3H2,1-2H3. The highest BCUT2D eigenvalue weighted by Crippen LogP contribution is 2.33. The Balaban J connectivity index is 2.19. The van der Waals surface area contributed by atoms with Crippen LogP contribution in [0.5, 0.6) is 17.2 Å². The lowest BCUT2D eigenvalue weighted by Crippen LogP contribution is -2.05. The molecule has 0 amide bonds. The van der Waals surface area contributed by atoms with Gasteiger partial charge in [0.25, 0.3) is 0 Å². The topological polar surface area (TPSA) is 38.7 Å². The van der Waals surface area contributed by atoms with Crippen molar-refractivity contribution in [1.29, 1.82) is 0 Å². The molecular formula is C16H18O3. The van der Waals surface area contributed by atoms with Crippen LogP contribution >= 0.6 is 0 Å². The highest BCUT2D eigenvalue weighted by atomic mass is 16.5. The van der Waals surface area contributed by atoms with Crippen LogP contribution in [0.1, 0.15) is 25.5 Å². The monoisotopic (exact) mass is 258 g/mol. The van der Waals surface area contributed by atoms with E-state index < -0.39 is 0 Å². The van der Waals surface area contributed by atoms with E-state index in [1.807, 2.05) is 50.2 Å². The Hall–Kier alpha value is -2.16. The van der Waals surface area contributed by atoms with Gasteiger partial charge in [0.2, 0.25) is 0 Å². The van der Waals surface area contributed by atoms with Gasteiger partial charge in [0, 0.05) is 5.56 Å². The van der Waals surface area contributed by atoms with Gasteiger partial charge in [-0.15, -0.1) is 0 Å². The van der Waals surface area contributed by atoms with Crippen LogP contribution in [0.25, 0.3) is 0 Å². The number of hydrogen-bond acceptors (Lipinski definition) is 3. The highest BCUT2D eigenvalue weighted by molar-refractivity contribution is 5.41. The maximum absolute atomic E-state index is 9.82. The van der Waals surface area contributed by atoms with Crippen LogP contribution in [-0.4, -0.2) is 11.7 Å². The van der Waals surface area contributed by atoms with E-state index in [0.717, 1.165) is 5.56 Å². The van der Waals surface area contributed by atoms with Crippen molar-refractivity contribution in [1.82, 2.24) is 0 Å². The number of phenolic OH excluding ortho intramolecular Hbond substituents is 1. The molecular weight excluding hydrogens is 240 g/mol. The van der Waals surface area contributed by atoms with Crippen LogP contribution in [0.15, 0.2) is 48.5 Å². The van der Waals surface area contributed by atoms with Crippen molar-refractivity contribution in [2.45, 2.75) is 20.0 Å². The fourth-order valence-electron chi connectivity index (χ4n) is 1.91. The van der Waals surface area contributed by atoms with E-state index in [1.54, 1.807) is 12.1 Å². The lowest BCUT2D eigenvalue weighted by molar-refractivity contribution is 0.207. The fourth-order valence-corrected chi connectivity index (χ4v) is 1.91. The van der Waals surface area contributed by atoms with E-state index in [9.17, 15) is 5.11 Å². The number of hydrogen-bond donors (Lipinski definition) is 1. The molecule has 3 nitrogen and oxygen atoms in total. The SMILES string of the molecule is CCOc1ccccc1OC(C)c1ccccc1O. The van der Waals surface area contributed by atoms with E-state index in [0.29, 0.717) is 18.1 Å². The third-order valence-electron chi connectivity index (χ3n) is 2.83. The predicted molar refractivity (Wildman–Crippen MR) is 74.8 cm³/mol. The zero-order chi connectivity index (χ0) is 13.7. The van der Waals surface area contributed by atoms with Gasteiger partial charge in [-0.1, -0.05) is 30.3 Å². The van der Waals surface area contributed by atoms with E-state index in [4.69, 9.17) is 9.47 Å². The largest absolute Gasteiger partial charge is 0.508 e. The molecule has 2 aromatic rings. The molecule has 2 rings (SSSR count). The zero-order valence-electron chi connectivity index (χ0n) is 11.2. The Morgan fingerprint density at radius 2 is 1.63 bits per heavy atom. The molecule has 0 fully saturated rings. The molecule has 0 aliphatic rings. The summed E-state index contributed by atoms with van der Waals surface area (Å²) in [7, 11) is 0. The van der Waals surface area contributed by atoms with E-state index in [1.165, 1.54) is 0 Å². The lowest BCUT2D eigenvalue weighted by atomic mass is 10.1. The van der Waals surface area contributed by atoms with Gasteiger partial charge in [0.1, 0.15) is 11.9 Å². The van der Waals surface area contributed by atoms with Crippen molar-refractivity contribution < 1.29 is 14.6 Å². The molecule has 0 aromatic heterocycles. The summed E-state index contributed by atoms with van der Waals surface area (Å²) in [5, 5.41) is 9.82. The van der Waals surface area contributed by atoms with Gasteiger partial charge in [0.15, 0.2) is 11.5 Å². The molecule has 1 atom stereocenters. The molecule has 0 aliphatic heterocycles. The molecule has 1 unspecified atom stereocenters. The Kier molecular flexibility index (Phi) is 4.29. The number of aromatic hydroxyl groups is 1. The van der Waals surface area contributed by atoms with Gasteiger partial charge in [-0.2, -0.15) is 0 Å². The van der Waals surface area contributed by atoms with Gasteiger partial charge >= 0.3 is 0 Å². The molecule has 0 saturated heterocycles. The normalized spacial score (nSPS) is 11.9. The Labute approximate surface area is 113 Å². The van der Waals surface area contributed by atoms with Gasteiger partial charge < -0.3 is 14.6 Å². The minimum absolute atomic E-state index is 0.240. The molecule has 19 heavy (non-hydrogen) atoms. The number of phenols is 1.